The molecule has 3 aromatic rings. The Morgan fingerprint density at radius 2 is 1.97 bits per heavy atom. The number of ether oxygens (including phenoxy) is 3. The SMILES string of the molecule is COc1cc2nc(-c3ccc(F)cc3)ncc2cc1OCCCN1CCC2COCC2C1. The van der Waals surface area contributed by atoms with Crippen molar-refractivity contribution >= 4 is 10.9 Å². The zero-order valence-corrected chi connectivity index (χ0v) is 18.3. The molecule has 32 heavy (non-hydrogen) atoms. The van der Waals surface area contributed by atoms with Crippen LogP contribution in [0.4, 0.5) is 4.39 Å². The summed E-state index contributed by atoms with van der Waals surface area (Å²) in [6.07, 6.45) is 3.96. The summed E-state index contributed by atoms with van der Waals surface area (Å²) >= 11 is 0. The molecule has 2 aliphatic rings. The van der Waals surface area contributed by atoms with Crippen molar-refractivity contribution in [1.82, 2.24) is 14.9 Å². The highest BCUT2D eigenvalue weighted by molar-refractivity contribution is 5.83. The molecule has 0 N–H and O–H groups in total. The summed E-state index contributed by atoms with van der Waals surface area (Å²) in [5.74, 6) is 3.06. The first-order chi connectivity index (χ1) is 15.7. The highest BCUT2D eigenvalue weighted by Gasteiger charge is 2.33. The largest absolute Gasteiger partial charge is 0.493 e. The average Bonchev–Trinajstić information content (AvgIpc) is 3.29. The lowest BCUT2D eigenvalue weighted by atomic mass is 9.89. The molecule has 2 unspecified atom stereocenters. The lowest BCUT2D eigenvalue weighted by Crippen LogP contribution is -2.40. The molecule has 0 saturated carbocycles. The molecule has 1 aromatic heterocycles. The number of methoxy groups -OCH3 is 1. The highest BCUT2D eigenvalue weighted by atomic mass is 19.1. The van der Waals surface area contributed by atoms with Gasteiger partial charge >= 0.3 is 0 Å². The van der Waals surface area contributed by atoms with E-state index in [1.807, 2.05) is 12.1 Å². The number of likely N-dealkylation sites (tertiary alicyclic amines) is 1. The molecule has 0 radical (unpaired) electrons. The van der Waals surface area contributed by atoms with Gasteiger partial charge in [0.25, 0.3) is 0 Å². The first-order valence-electron chi connectivity index (χ1n) is 11.2. The molecule has 2 aromatic carbocycles. The van der Waals surface area contributed by atoms with E-state index >= 15 is 0 Å². The summed E-state index contributed by atoms with van der Waals surface area (Å²) in [7, 11) is 1.63. The quantitative estimate of drug-likeness (QED) is 0.517. The van der Waals surface area contributed by atoms with Gasteiger partial charge in [-0.2, -0.15) is 0 Å². The Hall–Kier alpha value is -2.77. The minimum atomic E-state index is -0.282. The molecule has 0 aliphatic carbocycles. The topological polar surface area (TPSA) is 56.7 Å². The van der Waals surface area contributed by atoms with Crippen molar-refractivity contribution in [3.05, 3.63) is 48.4 Å². The van der Waals surface area contributed by atoms with Crippen molar-refractivity contribution < 1.29 is 18.6 Å². The second-order valence-electron chi connectivity index (χ2n) is 8.61. The van der Waals surface area contributed by atoms with Crippen LogP contribution in [-0.2, 0) is 4.74 Å². The number of fused-ring (bicyclic) bond motifs is 2. The third-order valence-corrected chi connectivity index (χ3v) is 6.48. The van der Waals surface area contributed by atoms with E-state index in [1.165, 1.54) is 18.6 Å². The van der Waals surface area contributed by atoms with Crippen molar-refractivity contribution in [3.8, 4) is 22.9 Å². The standard InChI is InChI=1S/C25H28FN3O3/c1-30-23-12-22-19(13-27-25(28-22)17-3-5-21(26)6-4-17)11-24(23)32-10-2-8-29-9-7-18-15-31-16-20(18)14-29/h3-6,11-13,18,20H,2,7-10,14-16H2,1H3. The van der Waals surface area contributed by atoms with Crippen LogP contribution in [0.2, 0.25) is 0 Å². The van der Waals surface area contributed by atoms with Gasteiger partial charge in [0.1, 0.15) is 5.82 Å². The molecular weight excluding hydrogens is 409 g/mol. The second kappa shape index (κ2) is 9.38. The Morgan fingerprint density at radius 1 is 1.12 bits per heavy atom. The molecule has 0 bridgehead atoms. The first kappa shape index (κ1) is 21.1. The Labute approximate surface area is 187 Å². The van der Waals surface area contributed by atoms with E-state index < -0.39 is 0 Å². The third kappa shape index (κ3) is 4.54. The third-order valence-electron chi connectivity index (χ3n) is 6.48. The molecule has 0 spiro atoms. The Bertz CT molecular complexity index is 1080. The molecule has 6 nitrogen and oxygen atoms in total. The summed E-state index contributed by atoms with van der Waals surface area (Å²) in [6.45, 7) is 5.80. The molecular formula is C25H28FN3O3. The maximum Gasteiger partial charge on any atom is 0.162 e. The molecule has 2 aliphatic heterocycles. The van der Waals surface area contributed by atoms with E-state index in [-0.39, 0.29) is 5.82 Å². The zero-order chi connectivity index (χ0) is 21.9. The maximum absolute atomic E-state index is 13.2. The van der Waals surface area contributed by atoms with Gasteiger partial charge in [0.05, 0.1) is 25.8 Å². The molecule has 3 heterocycles. The maximum atomic E-state index is 13.2. The van der Waals surface area contributed by atoms with Gasteiger partial charge in [0.15, 0.2) is 17.3 Å². The summed E-state index contributed by atoms with van der Waals surface area (Å²) < 4.78 is 30.5. The van der Waals surface area contributed by atoms with Gasteiger partial charge in [-0.15, -0.1) is 0 Å². The average molecular weight is 438 g/mol. The van der Waals surface area contributed by atoms with Crippen molar-refractivity contribution in [2.24, 2.45) is 11.8 Å². The molecule has 2 fully saturated rings. The Kier molecular flexibility index (Phi) is 6.19. The molecule has 168 valence electrons. The van der Waals surface area contributed by atoms with E-state index in [9.17, 15) is 4.39 Å². The number of halogens is 1. The van der Waals surface area contributed by atoms with Gasteiger partial charge < -0.3 is 19.1 Å². The van der Waals surface area contributed by atoms with Gasteiger partial charge in [-0.05, 0) is 55.6 Å². The fourth-order valence-corrected chi connectivity index (χ4v) is 4.66. The van der Waals surface area contributed by atoms with Crippen molar-refractivity contribution in [3.63, 3.8) is 0 Å². The van der Waals surface area contributed by atoms with Crippen molar-refractivity contribution in [2.75, 3.05) is 46.6 Å². The Balaban J connectivity index is 1.22. The number of aromatic nitrogens is 2. The van der Waals surface area contributed by atoms with Crippen LogP contribution in [0, 0.1) is 17.7 Å². The van der Waals surface area contributed by atoms with Crippen molar-refractivity contribution in [2.45, 2.75) is 12.8 Å². The summed E-state index contributed by atoms with van der Waals surface area (Å²) in [5, 5.41) is 0.870. The van der Waals surface area contributed by atoms with Gasteiger partial charge in [-0.25, -0.2) is 14.4 Å². The van der Waals surface area contributed by atoms with Crippen LogP contribution in [0.1, 0.15) is 12.8 Å². The minimum absolute atomic E-state index is 0.282. The summed E-state index contributed by atoms with van der Waals surface area (Å²) in [5.41, 5.74) is 1.52. The predicted octanol–water partition coefficient (Wildman–Crippen LogP) is 4.18. The van der Waals surface area contributed by atoms with E-state index in [2.05, 4.69) is 14.9 Å². The van der Waals surface area contributed by atoms with Crippen LogP contribution in [0.15, 0.2) is 42.6 Å². The van der Waals surface area contributed by atoms with E-state index in [4.69, 9.17) is 14.2 Å². The van der Waals surface area contributed by atoms with Gasteiger partial charge in [-0.3, -0.25) is 0 Å². The lowest BCUT2D eigenvalue weighted by molar-refractivity contribution is 0.138. The number of rotatable bonds is 7. The molecule has 7 heteroatoms. The monoisotopic (exact) mass is 437 g/mol. The van der Waals surface area contributed by atoms with Crippen LogP contribution in [-0.4, -0.2) is 61.4 Å². The number of benzene rings is 2. The Morgan fingerprint density at radius 3 is 2.81 bits per heavy atom. The number of hydrogen-bond donors (Lipinski definition) is 0. The number of hydrogen-bond acceptors (Lipinski definition) is 6. The zero-order valence-electron chi connectivity index (χ0n) is 18.3. The van der Waals surface area contributed by atoms with Gasteiger partial charge in [0.2, 0.25) is 0 Å². The molecule has 2 atom stereocenters. The normalized spacial score (nSPS) is 20.9. The fraction of sp³-hybridized carbons (Fsp3) is 0.440. The van der Waals surface area contributed by atoms with Crippen LogP contribution >= 0.6 is 0 Å². The van der Waals surface area contributed by atoms with E-state index in [0.29, 0.717) is 29.8 Å². The van der Waals surface area contributed by atoms with Crippen LogP contribution < -0.4 is 9.47 Å². The first-order valence-corrected chi connectivity index (χ1v) is 11.2. The fourth-order valence-electron chi connectivity index (χ4n) is 4.66. The van der Waals surface area contributed by atoms with Crippen LogP contribution in [0.3, 0.4) is 0 Å². The van der Waals surface area contributed by atoms with Crippen LogP contribution in [0.25, 0.3) is 22.3 Å². The number of nitrogens with zero attached hydrogens (tertiary/aromatic N) is 3. The lowest BCUT2D eigenvalue weighted by Gasteiger charge is -2.33. The van der Waals surface area contributed by atoms with E-state index in [0.717, 1.165) is 61.7 Å². The molecule has 2 saturated heterocycles. The van der Waals surface area contributed by atoms with Gasteiger partial charge in [0, 0.05) is 48.8 Å². The summed E-state index contributed by atoms with van der Waals surface area (Å²) in [6, 6.07) is 9.95. The minimum Gasteiger partial charge on any atom is -0.493 e. The number of piperidine rings is 1. The van der Waals surface area contributed by atoms with Crippen molar-refractivity contribution in [1.29, 1.82) is 0 Å². The predicted molar refractivity (Wildman–Crippen MR) is 120 cm³/mol. The highest BCUT2D eigenvalue weighted by Crippen LogP contribution is 2.33. The molecule has 0 amide bonds. The molecule has 5 rings (SSSR count). The second-order valence-corrected chi connectivity index (χ2v) is 8.61. The smallest absolute Gasteiger partial charge is 0.162 e. The summed E-state index contributed by atoms with van der Waals surface area (Å²) in [4.78, 5) is 11.6. The van der Waals surface area contributed by atoms with E-state index in [1.54, 1.807) is 25.4 Å². The van der Waals surface area contributed by atoms with Gasteiger partial charge in [-0.1, -0.05) is 0 Å². The van der Waals surface area contributed by atoms with Crippen LogP contribution in [0.5, 0.6) is 11.5 Å².